The summed E-state index contributed by atoms with van der Waals surface area (Å²) in [5.41, 5.74) is 4.95. The minimum Gasteiger partial charge on any atom is -0.267 e. The van der Waals surface area contributed by atoms with Gasteiger partial charge in [-0.15, -0.1) is 0 Å². The van der Waals surface area contributed by atoms with Gasteiger partial charge >= 0.3 is 0 Å². The molecule has 29 heavy (non-hydrogen) atoms. The SMILES string of the molecule is Fc1ccc(-c2nn(Cc3cccc4ccccc34)cc2-c2ccncc2)cc1. The van der Waals surface area contributed by atoms with Crippen molar-refractivity contribution in [2.24, 2.45) is 0 Å². The van der Waals surface area contributed by atoms with Crippen molar-refractivity contribution in [1.29, 1.82) is 0 Å². The van der Waals surface area contributed by atoms with Crippen molar-refractivity contribution >= 4 is 10.8 Å². The zero-order valence-electron chi connectivity index (χ0n) is 15.7. The van der Waals surface area contributed by atoms with Gasteiger partial charge < -0.3 is 0 Å². The lowest BCUT2D eigenvalue weighted by Crippen LogP contribution is -2.01. The van der Waals surface area contributed by atoms with Crippen molar-refractivity contribution in [2.75, 3.05) is 0 Å². The van der Waals surface area contributed by atoms with Gasteiger partial charge in [0.25, 0.3) is 0 Å². The van der Waals surface area contributed by atoms with Gasteiger partial charge in [0, 0.05) is 29.7 Å². The summed E-state index contributed by atoms with van der Waals surface area (Å²) in [5.74, 6) is -0.255. The normalized spacial score (nSPS) is 11.1. The van der Waals surface area contributed by atoms with E-state index in [1.165, 1.54) is 28.5 Å². The summed E-state index contributed by atoms with van der Waals surface area (Å²) in [6.45, 7) is 0.653. The Morgan fingerprint density at radius 2 is 1.52 bits per heavy atom. The lowest BCUT2D eigenvalue weighted by Gasteiger charge is -2.06. The fraction of sp³-hybridized carbons (Fsp3) is 0.0400. The third-order valence-corrected chi connectivity index (χ3v) is 5.08. The van der Waals surface area contributed by atoms with Crippen LogP contribution in [0.5, 0.6) is 0 Å². The molecule has 2 heterocycles. The van der Waals surface area contributed by atoms with Crippen LogP contribution >= 0.6 is 0 Å². The highest BCUT2D eigenvalue weighted by molar-refractivity contribution is 5.85. The molecule has 0 aliphatic heterocycles. The lowest BCUT2D eigenvalue weighted by atomic mass is 10.0. The van der Waals surface area contributed by atoms with Gasteiger partial charge in [0.1, 0.15) is 11.5 Å². The molecule has 3 nitrogen and oxygen atoms in total. The Morgan fingerprint density at radius 1 is 0.759 bits per heavy atom. The molecule has 0 amide bonds. The lowest BCUT2D eigenvalue weighted by molar-refractivity contribution is 0.628. The van der Waals surface area contributed by atoms with Crippen molar-refractivity contribution in [3.63, 3.8) is 0 Å². The Morgan fingerprint density at radius 3 is 2.34 bits per heavy atom. The Hall–Kier alpha value is -3.79. The monoisotopic (exact) mass is 379 g/mol. The predicted molar refractivity (Wildman–Crippen MR) is 114 cm³/mol. The van der Waals surface area contributed by atoms with Gasteiger partial charge in [0.2, 0.25) is 0 Å². The number of halogens is 1. The first-order valence-electron chi connectivity index (χ1n) is 9.48. The number of nitrogens with zero attached hydrogens (tertiary/aromatic N) is 3. The van der Waals surface area contributed by atoms with Gasteiger partial charge in [-0.25, -0.2) is 4.39 Å². The van der Waals surface area contributed by atoms with Crippen LogP contribution in [0.2, 0.25) is 0 Å². The number of pyridine rings is 1. The van der Waals surface area contributed by atoms with Gasteiger partial charge in [0.15, 0.2) is 0 Å². The third kappa shape index (κ3) is 3.41. The average molecular weight is 379 g/mol. The molecule has 5 aromatic rings. The molecule has 0 saturated carbocycles. The molecule has 0 saturated heterocycles. The van der Waals surface area contributed by atoms with E-state index >= 15 is 0 Å². The van der Waals surface area contributed by atoms with Crippen molar-refractivity contribution in [3.05, 3.63) is 109 Å². The molecule has 2 aromatic heterocycles. The quantitative estimate of drug-likeness (QED) is 0.386. The zero-order chi connectivity index (χ0) is 19.6. The van der Waals surface area contributed by atoms with E-state index in [1.54, 1.807) is 24.5 Å². The summed E-state index contributed by atoms with van der Waals surface area (Å²) in [4.78, 5) is 4.12. The van der Waals surface area contributed by atoms with Gasteiger partial charge in [-0.2, -0.15) is 5.10 Å². The molecule has 0 unspecified atom stereocenters. The average Bonchev–Trinajstić information content (AvgIpc) is 3.19. The summed E-state index contributed by atoms with van der Waals surface area (Å²) >= 11 is 0. The van der Waals surface area contributed by atoms with E-state index in [4.69, 9.17) is 5.10 Å². The highest BCUT2D eigenvalue weighted by Crippen LogP contribution is 2.31. The second-order valence-corrected chi connectivity index (χ2v) is 6.97. The maximum absolute atomic E-state index is 13.4. The van der Waals surface area contributed by atoms with Crippen molar-refractivity contribution in [2.45, 2.75) is 6.54 Å². The number of fused-ring (bicyclic) bond motifs is 1. The van der Waals surface area contributed by atoms with Crippen LogP contribution in [0.4, 0.5) is 4.39 Å². The van der Waals surface area contributed by atoms with Crippen LogP contribution in [0.3, 0.4) is 0 Å². The molecule has 0 N–H and O–H groups in total. The Balaban J connectivity index is 1.61. The standard InChI is InChI=1S/C25H18FN3/c26-22-10-8-20(9-11-22)25-24(19-12-14-27-15-13-19)17-29(28-25)16-21-6-3-5-18-4-1-2-7-23(18)21/h1-15,17H,16H2. The molecule has 0 bridgehead atoms. The highest BCUT2D eigenvalue weighted by atomic mass is 19.1. The molecule has 0 fully saturated rings. The molecular weight excluding hydrogens is 361 g/mol. The second-order valence-electron chi connectivity index (χ2n) is 6.97. The number of benzene rings is 3. The summed E-state index contributed by atoms with van der Waals surface area (Å²) < 4.78 is 15.4. The molecule has 0 atom stereocenters. The van der Waals surface area contributed by atoms with E-state index in [1.807, 2.05) is 22.9 Å². The highest BCUT2D eigenvalue weighted by Gasteiger charge is 2.14. The maximum atomic E-state index is 13.4. The number of aromatic nitrogens is 3. The minimum atomic E-state index is -0.255. The van der Waals surface area contributed by atoms with Crippen LogP contribution in [0.25, 0.3) is 33.2 Å². The summed E-state index contributed by atoms with van der Waals surface area (Å²) in [5, 5.41) is 7.30. The predicted octanol–water partition coefficient (Wildman–Crippen LogP) is 5.95. The van der Waals surface area contributed by atoms with Crippen LogP contribution in [0.1, 0.15) is 5.56 Å². The first-order chi connectivity index (χ1) is 14.3. The van der Waals surface area contributed by atoms with Crippen LogP contribution in [0.15, 0.2) is 97.5 Å². The van der Waals surface area contributed by atoms with Gasteiger partial charge in [-0.1, -0.05) is 42.5 Å². The molecule has 0 radical (unpaired) electrons. The van der Waals surface area contributed by atoms with E-state index in [-0.39, 0.29) is 5.82 Å². The molecule has 140 valence electrons. The molecule has 4 heteroatoms. The van der Waals surface area contributed by atoms with Gasteiger partial charge in [0.05, 0.1) is 6.54 Å². The first-order valence-corrected chi connectivity index (χ1v) is 9.48. The molecular formula is C25H18FN3. The van der Waals surface area contributed by atoms with E-state index in [0.29, 0.717) is 6.54 Å². The Bertz CT molecular complexity index is 1270. The summed E-state index contributed by atoms with van der Waals surface area (Å²) in [6.07, 6.45) is 5.59. The van der Waals surface area contributed by atoms with E-state index in [0.717, 1.165) is 22.4 Å². The van der Waals surface area contributed by atoms with Crippen LogP contribution in [-0.2, 0) is 6.54 Å². The number of rotatable bonds is 4. The third-order valence-electron chi connectivity index (χ3n) is 5.08. The molecule has 0 aliphatic rings. The van der Waals surface area contributed by atoms with Gasteiger partial charge in [-0.05, 0) is 58.3 Å². The van der Waals surface area contributed by atoms with Crippen molar-refractivity contribution in [1.82, 2.24) is 14.8 Å². The fourth-order valence-corrected chi connectivity index (χ4v) is 3.67. The largest absolute Gasteiger partial charge is 0.267 e. The molecule has 0 spiro atoms. The van der Waals surface area contributed by atoms with Crippen LogP contribution in [-0.4, -0.2) is 14.8 Å². The molecule has 5 rings (SSSR count). The van der Waals surface area contributed by atoms with E-state index in [9.17, 15) is 4.39 Å². The molecule has 0 aliphatic carbocycles. The van der Waals surface area contributed by atoms with Crippen LogP contribution in [0, 0.1) is 5.82 Å². The Kier molecular flexibility index (Phi) is 4.37. The topological polar surface area (TPSA) is 30.7 Å². The smallest absolute Gasteiger partial charge is 0.123 e. The number of hydrogen-bond donors (Lipinski definition) is 0. The fourth-order valence-electron chi connectivity index (χ4n) is 3.67. The van der Waals surface area contributed by atoms with E-state index in [2.05, 4.69) is 47.6 Å². The van der Waals surface area contributed by atoms with Gasteiger partial charge in [-0.3, -0.25) is 9.67 Å². The summed E-state index contributed by atoms with van der Waals surface area (Å²) in [6, 6.07) is 25.1. The summed E-state index contributed by atoms with van der Waals surface area (Å²) in [7, 11) is 0. The second kappa shape index (κ2) is 7.32. The maximum Gasteiger partial charge on any atom is 0.123 e. The number of hydrogen-bond acceptors (Lipinski definition) is 2. The molecule has 3 aromatic carbocycles. The van der Waals surface area contributed by atoms with Crippen LogP contribution < -0.4 is 0 Å². The van der Waals surface area contributed by atoms with Crippen molar-refractivity contribution < 1.29 is 4.39 Å². The van der Waals surface area contributed by atoms with E-state index < -0.39 is 0 Å². The van der Waals surface area contributed by atoms with Crippen molar-refractivity contribution in [3.8, 4) is 22.4 Å². The first kappa shape index (κ1) is 17.3. The minimum absolute atomic E-state index is 0.255. The Labute approximate surface area is 168 Å². The zero-order valence-corrected chi connectivity index (χ0v) is 15.7.